The van der Waals surface area contributed by atoms with Crippen molar-refractivity contribution >= 4 is 0 Å². The molecule has 1 aliphatic rings. The zero-order valence-electron chi connectivity index (χ0n) is 15.3. The van der Waals surface area contributed by atoms with Gasteiger partial charge in [0.1, 0.15) is 0 Å². The van der Waals surface area contributed by atoms with Gasteiger partial charge in [-0.25, -0.2) is 9.97 Å². The predicted octanol–water partition coefficient (Wildman–Crippen LogP) is 5.02. The minimum atomic E-state index is 0.381. The summed E-state index contributed by atoms with van der Waals surface area (Å²) in [6, 6.07) is 9.50. The summed E-state index contributed by atoms with van der Waals surface area (Å²) in [4.78, 5) is 9.07. The summed E-state index contributed by atoms with van der Waals surface area (Å²) in [7, 11) is 0. The Bertz CT molecular complexity index is 751. The second-order valence-corrected chi connectivity index (χ2v) is 6.72. The van der Waals surface area contributed by atoms with Gasteiger partial charge in [0.25, 0.3) is 0 Å². The van der Waals surface area contributed by atoms with E-state index in [0.717, 1.165) is 44.3 Å². The van der Waals surface area contributed by atoms with Crippen molar-refractivity contribution in [1.82, 2.24) is 9.97 Å². The number of hydrogen-bond acceptors (Lipinski definition) is 4. The van der Waals surface area contributed by atoms with Crippen LogP contribution in [0.5, 0.6) is 0 Å². The van der Waals surface area contributed by atoms with Gasteiger partial charge in [0.15, 0.2) is 5.82 Å². The minimum absolute atomic E-state index is 0.381. The molecule has 1 aromatic carbocycles. The number of rotatable bonds is 6. The number of benzene rings is 1. The lowest BCUT2D eigenvalue weighted by Gasteiger charge is -2.28. The van der Waals surface area contributed by atoms with Crippen LogP contribution in [0.3, 0.4) is 0 Å². The van der Waals surface area contributed by atoms with Crippen LogP contribution >= 0.6 is 0 Å². The van der Waals surface area contributed by atoms with Crippen molar-refractivity contribution in [2.45, 2.75) is 51.0 Å². The molecule has 0 bridgehead atoms. The van der Waals surface area contributed by atoms with E-state index in [0.29, 0.717) is 23.4 Å². The van der Waals surface area contributed by atoms with Gasteiger partial charge in [-0.1, -0.05) is 19.1 Å². The van der Waals surface area contributed by atoms with Crippen molar-refractivity contribution in [3.05, 3.63) is 59.9 Å². The number of hydrogen-bond donors (Lipinski definition) is 0. The van der Waals surface area contributed by atoms with Crippen LogP contribution in [-0.2, 0) is 4.74 Å². The molecule has 0 saturated heterocycles. The van der Waals surface area contributed by atoms with Crippen LogP contribution in [0.2, 0.25) is 0 Å². The molecule has 2 aromatic rings. The fraction of sp³-hybridized carbons (Fsp3) is 0.409. The highest BCUT2D eigenvalue weighted by atomic mass is 16.5. The normalized spacial score (nSPS) is 20.2. The van der Waals surface area contributed by atoms with E-state index in [9.17, 15) is 0 Å². The van der Waals surface area contributed by atoms with Gasteiger partial charge in [-0.2, -0.15) is 5.26 Å². The molecule has 0 radical (unpaired) electrons. The third kappa shape index (κ3) is 4.77. The molecule has 1 aromatic heterocycles. The Hall–Kier alpha value is -2.51. The van der Waals surface area contributed by atoms with Gasteiger partial charge < -0.3 is 4.74 Å². The van der Waals surface area contributed by atoms with Crippen molar-refractivity contribution in [1.29, 1.82) is 5.26 Å². The Kier molecular flexibility index (Phi) is 6.51. The molecule has 0 spiro atoms. The first-order chi connectivity index (χ1) is 12.8. The number of nitrogens with zero attached hydrogens (tertiary/aromatic N) is 3. The first kappa shape index (κ1) is 18.3. The summed E-state index contributed by atoms with van der Waals surface area (Å²) in [6.07, 6.45) is 14.1. The maximum absolute atomic E-state index is 8.88. The number of allylic oxidation sites excluding steroid dienone is 1. The average Bonchev–Trinajstić information content (AvgIpc) is 2.72. The summed E-state index contributed by atoms with van der Waals surface area (Å²) in [5, 5.41) is 8.88. The quantitative estimate of drug-likeness (QED) is 0.688. The van der Waals surface area contributed by atoms with Crippen LogP contribution in [0.1, 0.15) is 56.1 Å². The first-order valence-electron chi connectivity index (χ1n) is 9.39. The SMILES string of the molecule is CC/C=C/CO[C@H]1CC[C@H](c2cnc(-c3ccc(C#N)cc3)nc2)CC1. The van der Waals surface area contributed by atoms with E-state index < -0.39 is 0 Å². The van der Waals surface area contributed by atoms with Crippen molar-refractivity contribution in [2.24, 2.45) is 0 Å². The highest BCUT2D eigenvalue weighted by molar-refractivity contribution is 5.56. The van der Waals surface area contributed by atoms with Crippen LogP contribution < -0.4 is 0 Å². The Morgan fingerprint density at radius 1 is 1.08 bits per heavy atom. The van der Waals surface area contributed by atoms with E-state index in [4.69, 9.17) is 10.00 Å². The lowest BCUT2D eigenvalue weighted by atomic mass is 9.84. The van der Waals surface area contributed by atoms with E-state index in [1.807, 2.05) is 24.5 Å². The molecule has 0 N–H and O–H groups in total. The van der Waals surface area contributed by atoms with Crippen LogP contribution in [0, 0.1) is 11.3 Å². The molecular formula is C22H25N3O. The molecule has 0 atom stereocenters. The van der Waals surface area contributed by atoms with Gasteiger partial charge >= 0.3 is 0 Å². The smallest absolute Gasteiger partial charge is 0.159 e. The molecule has 1 heterocycles. The first-order valence-corrected chi connectivity index (χ1v) is 9.39. The van der Waals surface area contributed by atoms with Crippen molar-refractivity contribution in [2.75, 3.05) is 6.61 Å². The Labute approximate surface area is 155 Å². The largest absolute Gasteiger partial charge is 0.374 e. The fourth-order valence-electron chi connectivity index (χ4n) is 3.38. The molecule has 0 unspecified atom stereocenters. The molecule has 0 amide bonds. The monoisotopic (exact) mass is 347 g/mol. The van der Waals surface area contributed by atoms with Crippen LogP contribution in [0.15, 0.2) is 48.8 Å². The molecule has 4 heteroatoms. The second kappa shape index (κ2) is 9.26. The summed E-state index contributed by atoms with van der Waals surface area (Å²) in [5.74, 6) is 1.23. The number of ether oxygens (including phenoxy) is 1. The molecule has 4 nitrogen and oxygen atoms in total. The van der Waals surface area contributed by atoms with E-state index in [-0.39, 0.29) is 0 Å². The summed E-state index contributed by atoms with van der Waals surface area (Å²) in [6.45, 7) is 2.86. The van der Waals surface area contributed by atoms with Gasteiger partial charge in [0.2, 0.25) is 0 Å². The van der Waals surface area contributed by atoms with Crippen LogP contribution in [-0.4, -0.2) is 22.7 Å². The lowest BCUT2D eigenvalue weighted by molar-refractivity contribution is 0.0421. The Balaban J connectivity index is 1.54. The fourth-order valence-corrected chi connectivity index (χ4v) is 3.38. The standard InChI is InChI=1S/C22H25N3O/c1-2-3-4-13-26-21-11-9-18(10-12-21)20-15-24-22(25-16-20)19-7-5-17(14-23)6-8-19/h3-8,15-16,18,21H,2,9-13H2,1H3/b4-3+/t18-,21-. The molecule has 134 valence electrons. The van der Waals surface area contributed by atoms with Crippen molar-refractivity contribution in [3.8, 4) is 17.5 Å². The summed E-state index contributed by atoms with van der Waals surface area (Å²) >= 11 is 0. The van der Waals surface area contributed by atoms with Crippen LogP contribution in [0.4, 0.5) is 0 Å². The zero-order valence-corrected chi connectivity index (χ0v) is 15.3. The number of aromatic nitrogens is 2. The Morgan fingerprint density at radius 3 is 2.38 bits per heavy atom. The molecule has 3 rings (SSSR count). The highest BCUT2D eigenvalue weighted by Crippen LogP contribution is 2.33. The van der Waals surface area contributed by atoms with E-state index in [1.54, 1.807) is 12.1 Å². The average molecular weight is 347 g/mol. The lowest BCUT2D eigenvalue weighted by Crippen LogP contribution is -2.21. The van der Waals surface area contributed by atoms with E-state index >= 15 is 0 Å². The van der Waals surface area contributed by atoms with Crippen molar-refractivity contribution < 1.29 is 4.74 Å². The molecule has 0 aliphatic heterocycles. The molecule has 1 saturated carbocycles. The topological polar surface area (TPSA) is 58.8 Å². The van der Waals surface area contributed by atoms with Crippen molar-refractivity contribution in [3.63, 3.8) is 0 Å². The van der Waals surface area contributed by atoms with Crippen LogP contribution in [0.25, 0.3) is 11.4 Å². The predicted molar refractivity (Wildman–Crippen MR) is 103 cm³/mol. The maximum Gasteiger partial charge on any atom is 0.159 e. The van der Waals surface area contributed by atoms with Gasteiger partial charge in [-0.05, 0) is 67.9 Å². The highest BCUT2D eigenvalue weighted by Gasteiger charge is 2.23. The zero-order chi connectivity index (χ0) is 18.2. The van der Waals surface area contributed by atoms with E-state index in [1.165, 1.54) is 5.56 Å². The van der Waals surface area contributed by atoms with Gasteiger partial charge in [-0.15, -0.1) is 0 Å². The Morgan fingerprint density at radius 2 is 1.77 bits per heavy atom. The van der Waals surface area contributed by atoms with Gasteiger partial charge in [0.05, 0.1) is 24.3 Å². The third-order valence-electron chi connectivity index (χ3n) is 4.92. The third-order valence-corrected chi connectivity index (χ3v) is 4.92. The summed E-state index contributed by atoms with van der Waals surface area (Å²) in [5.41, 5.74) is 2.80. The molecular weight excluding hydrogens is 322 g/mol. The molecule has 26 heavy (non-hydrogen) atoms. The molecule has 1 aliphatic carbocycles. The van der Waals surface area contributed by atoms with E-state index in [2.05, 4.69) is 35.1 Å². The maximum atomic E-state index is 8.88. The second-order valence-electron chi connectivity index (χ2n) is 6.72. The minimum Gasteiger partial charge on any atom is -0.374 e. The van der Waals surface area contributed by atoms with Gasteiger partial charge in [-0.3, -0.25) is 0 Å². The molecule has 1 fully saturated rings. The summed E-state index contributed by atoms with van der Waals surface area (Å²) < 4.78 is 5.92. The van der Waals surface area contributed by atoms with Gasteiger partial charge in [0, 0.05) is 18.0 Å². The number of nitriles is 1.